The quantitative estimate of drug-likeness (QED) is 0.773. The smallest absolute Gasteiger partial charge is 0.263 e. The van der Waals surface area contributed by atoms with Gasteiger partial charge in [-0.3, -0.25) is 9.59 Å². The van der Waals surface area contributed by atoms with Crippen LogP contribution < -0.4 is 10.3 Å². The predicted molar refractivity (Wildman–Crippen MR) is 112 cm³/mol. The Morgan fingerprint density at radius 1 is 1.38 bits per heavy atom. The highest BCUT2D eigenvalue weighted by Crippen LogP contribution is 2.21. The molecule has 0 saturated carbocycles. The molecule has 1 aliphatic heterocycles. The molecule has 0 unspecified atom stereocenters. The zero-order valence-corrected chi connectivity index (χ0v) is 17.5. The van der Waals surface area contributed by atoms with Gasteiger partial charge in [0.05, 0.1) is 7.11 Å². The van der Waals surface area contributed by atoms with E-state index in [4.69, 9.17) is 4.74 Å². The van der Waals surface area contributed by atoms with E-state index in [1.807, 2.05) is 18.2 Å². The number of aryl methyl sites for hydroxylation is 1. The Hall–Kier alpha value is -2.67. The van der Waals surface area contributed by atoms with Gasteiger partial charge >= 0.3 is 0 Å². The highest BCUT2D eigenvalue weighted by Gasteiger charge is 2.24. The average Bonchev–Trinajstić information content (AvgIpc) is 2.72. The second-order valence-corrected chi connectivity index (χ2v) is 7.77. The number of rotatable bonds is 7. The van der Waals surface area contributed by atoms with E-state index in [2.05, 4.69) is 20.9 Å². The van der Waals surface area contributed by atoms with Crippen LogP contribution in [0.25, 0.3) is 0 Å². The number of hydrogen-bond acceptors (Lipinski definition) is 5. The fourth-order valence-corrected chi connectivity index (χ4v) is 4.00. The third-order valence-corrected chi connectivity index (χ3v) is 5.53. The Morgan fingerprint density at radius 3 is 2.93 bits per heavy atom. The van der Waals surface area contributed by atoms with Crippen LogP contribution in [0.1, 0.15) is 34.6 Å². The average molecular weight is 399 g/mol. The first-order valence-electron chi connectivity index (χ1n) is 10.1. The molecule has 156 valence electrons. The first-order valence-corrected chi connectivity index (χ1v) is 10.1. The lowest BCUT2D eigenvalue weighted by molar-refractivity contribution is 0.0728. The fourth-order valence-electron chi connectivity index (χ4n) is 4.00. The predicted octanol–water partition coefficient (Wildman–Crippen LogP) is 2.11. The Morgan fingerprint density at radius 2 is 2.17 bits per heavy atom. The molecule has 1 aromatic carbocycles. The van der Waals surface area contributed by atoms with Crippen molar-refractivity contribution in [1.82, 2.24) is 19.8 Å². The van der Waals surface area contributed by atoms with Crippen LogP contribution in [-0.2, 0) is 6.42 Å². The van der Waals surface area contributed by atoms with E-state index in [0.717, 1.165) is 44.6 Å². The van der Waals surface area contributed by atoms with Crippen LogP contribution in [0.15, 0.2) is 35.3 Å². The topological polar surface area (TPSA) is 78.5 Å². The highest BCUT2D eigenvalue weighted by atomic mass is 16.5. The van der Waals surface area contributed by atoms with Crippen LogP contribution >= 0.6 is 0 Å². The summed E-state index contributed by atoms with van der Waals surface area (Å²) in [7, 11) is 3.46. The molecule has 0 bridgehead atoms. The van der Waals surface area contributed by atoms with Crippen molar-refractivity contribution in [2.75, 3.05) is 40.3 Å². The van der Waals surface area contributed by atoms with E-state index in [1.165, 1.54) is 11.8 Å². The van der Waals surface area contributed by atoms with Gasteiger partial charge in [0.2, 0.25) is 0 Å². The van der Waals surface area contributed by atoms with Crippen molar-refractivity contribution in [3.8, 4) is 5.75 Å². The van der Waals surface area contributed by atoms with Crippen molar-refractivity contribution in [3.63, 3.8) is 0 Å². The first kappa shape index (κ1) is 21.0. The van der Waals surface area contributed by atoms with Crippen LogP contribution in [-0.4, -0.2) is 66.0 Å². The standard InChI is InChI=1S/C22H30N4O3/c1-16-23-13-19(21(27)24-16)22(28)25(2)14-17-7-6-11-26(15-17)12-10-18-8-4-5-9-20(18)29-3/h4-5,8-9,13,17H,6-7,10-12,14-15H2,1-3H3,(H,23,24,27)/t17-/m0/s1. The summed E-state index contributed by atoms with van der Waals surface area (Å²) in [6, 6.07) is 8.14. The lowest BCUT2D eigenvalue weighted by Crippen LogP contribution is -2.43. The number of aromatic nitrogens is 2. The number of amides is 1. The lowest BCUT2D eigenvalue weighted by Gasteiger charge is -2.34. The summed E-state index contributed by atoms with van der Waals surface area (Å²) in [4.78, 5) is 35.4. The van der Waals surface area contributed by atoms with Crippen molar-refractivity contribution in [2.24, 2.45) is 5.92 Å². The van der Waals surface area contributed by atoms with Crippen molar-refractivity contribution >= 4 is 5.91 Å². The SMILES string of the molecule is COc1ccccc1CCN1CCC[C@@H](CN(C)C(=O)c2cnc(C)[nH]c2=O)C1. The van der Waals surface area contributed by atoms with Gasteiger partial charge in [-0.25, -0.2) is 4.98 Å². The molecule has 1 atom stereocenters. The van der Waals surface area contributed by atoms with Gasteiger partial charge in [0, 0.05) is 32.9 Å². The molecule has 3 rings (SSSR count). The van der Waals surface area contributed by atoms with Gasteiger partial charge < -0.3 is 19.5 Å². The van der Waals surface area contributed by atoms with E-state index >= 15 is 0 Å². The normalized spacial score (nSPS) is 17.1. The Labute approximate surface area is 171 Å². The summed E-state index contributed by atoms with van der Waals surface area (Å²) in [5, 5.41) is 0. The number of carbonyl (C=O) groups excluding carboxylic acids is 1. The highest BCUT2D eigenvalue weighted by molar-refractivity contribution is 5.93. The number of benzene rings is 1. The maximum absolute atomic E-state index is 12.7. The minimum atomic E-state index is -0.378. The molecule has 1 saturated heterocycles. The van der Waals surface area contributed by atoms with Gasteiger partial charge in [0.25, 0.3) is 11.5 Å². The number of piperidine rings is 1. The summed E-state index contributed by atoms with van der Waals surface area (Å²) in [5.74, 6) is 1.56. The third kappa shape index (κ3) is 5.44. The van der Waals surface area contributed by atoms with Crippen molar-refractivity contribution in [2.45, 2.75) is 26.2 Å². The first-order chi connectivity index (χ1) is 14.0. The fraction of sp³-hybridized carbons (Fsp3) is 0.500. The number of ether oxygens (including phenoxy) is 1. The molecular formula is C22H30N4O3. The Bertz CT molecular complexity index is 896. The second-order valence-electron chi connectivity index (χ2n) is 7.77. The van der Waals surface area contributed by atoms with Gasteiger partial charge in [0.1, 0.15) is 17.1 Å². The van der Waals surface area contributed by atoms with Gasteiger partial charge in [-0.2, -0.15) is 0 Å². The minimum absolute atomic E-state index is 0.0990. The van der Waals surface area contributed by atoms with Crippen LogP contribution in [0.2, 0.25) is 0 Å². The molecule has 0 radical (unpaired) electrons. The van der Waals surface area contributed by atoms with Gasteiger partial charge in [0.15, 0.2) is 0 Å². The largest absolute Gasteiger partial charge is 0.496 e. The molecular weight excluding hydrogens is 368 g/mol. The molecule has 1 N–H and O–H groups in total. The van der Waals surface area contributed by atoms with E-state index in [0.29, 0.717) is 18.3 Å². The number of carbonyl (C=O) groups is 1. The third-order valence-electron chi connectivity index (χ3n) is 5.53. The van der Waals surface area contributed by atoms with E-state index < -0.39 is 0 Å². The Balaban J connectivity index is 1.55. The minimum Gasteiger partial charge on any atom is -0.496 e. The number of H-pyrrole nitrogens is 1. The molecule has 0 aliphatic carbocycles. The van der Waals surface area contributed by atoms with Crippen LogP contribution in [0.3, 0.4) is 0 Å². The molecule has 0 spiro atoms. The van der Waals surface area contributed by atoms with Crippen molar-refractivity contribution < 1.29 is 9.53 Å². The van der Waals surface area contributed by atoms with Crippen LogP contribution in [0, 0.1) is 12.8 Å². The van der Waals surface area contributed by atoms with Crippen molar-refractivity contribution in [1.29, 1.82) is 0 Å². The lowest BCUT2D eigenvalue weighted by atomic mass is 9.96. The molecule has 1 amide bonds. The molecule has 1 fully saturated rings. The summed E-state index contributed by atoms with van der Waals surface area (Å²) < 4.78 is 5.45. The van der Waals surface area contributed by atoms with Crippen LogP contribution in [0.5, 0.6) is 5.75 Å². The summed E-state index contributed by atoms with van der Waals surface area (Å²) in [6.07, 6.45) is 4.51. The van der Waals surface area contributed by atoms with Crippen molar-refractivity contribution in [3.05, 3.63) is 57.8 Å². The molecule has 7 heteroatoms. The maximum atomic E-state index is 12.7. The molecule has 1 aromatic heterocycles. The van der Waals surface area contributed by atoms with E-state index in [9.17, 15) is 9.59 Å². The summed E-state index contributed by atoms with van der Waals surface area (Å²) in [5.41, 5.74) is 0.939. The zero-order chi connectivity index (χ0) is 20.8. The number of para-hydroxylation sites is 1. The number of nitrogens with zero attached hydrogens (tertiary/aromatic N) is 3. The monoisotopic (exact) mass is 398 g/mol. The van der Waals surface area contributed by atoms with Gasteiger partial charge in [-0.05, 0) is 50.3 Å². The molecule has 29 heavy (non-hydrogen) atoms. The number of likely N-dealkylation sites (tertiary alicyclic amines) is 1. The van der Waals surface area contributed by atoms with Crippen LogP contribution in [0.4, 0.5) is 0 Å². The number of methoxy groups -OCH3 is 1. The summed E-state index contributed by atoms with van der Waals surface area (Å²) in [6.45, 7) is 5.33. The number of nitrogens with one attached hydrogen (secondary N) is 1. The Kier molecular flexibility index (Phi) is 7.04. The van der Waals surface area contributed by atoms with Gasteiger partial charge in [-0.15, -0.1) is 0 Å². The molecule has 1 aliphatic rings. The van der Waals surface area contributed by atoms with E-state index in [-0.39, 0.29) is 17.0 Å². The molecule has 7 nitrogen and oxygen atoms in total. The molecule has 2 heterocycles. The van der Waals surface area contributed by atoms with E-state index in [1.54, 1.807) is 26.0 Å². The number of aromatic amines is 1. The number of hydrogen-bond donors (Lipinski definition) is 1. The molecule has 2 aromatic rings. The zero-order valence-electron chi connectivity index (χ0n) is 17.5. The van der Waals surface area contributed by atoms with Gasteiger partial charge in [-0.1, -0.05) is 18.2 Å². The maximum Gasteiger partial charge on any atom is 0.263 e. The second kappa shape index (κ2) is 9.69. The summed E-state index contributed by atoms with van der Waals surface area (Å²) >= 11 is 0.